The fourth-order valence-electron chi connectivity index (χ4n) is 7.64. The topological polar surface area (TPSA) is 224 Å². The molecule has 0 spiro atoms. The molecule has 0 aromatic carbocycles. The number of ketones is 2. The Kier molecular flexibility index (Phi) is 19.6. The molecule has 0 fully saturated rings. The molecule has 63 heavy (non-hydrogen) atoms. The molecule has 1 amide bonds. The van der Waals surface area contributed by atoms with E-state index in [2.05, 4.69) is 15.0 Å². The van der Waals surface area contributed by atoms with Crippen LogP contribution in [0.4, 0.5) is 0 Å². The Bertz CT molecular complexity index is 2000. The second-order valence-corrected chi connectivity index (χ2v) is 16.7. The van der Waals surface area contributed by atoms with Gasteiger partial charge in [0.2, 0.25) is 24.1 Å². The van der Waals surface area contributed by atoms with Crippen molar-refractivity contribution in [3.8, 4) is 23.2 Å². The van der Waals surface area contributed by atoms with Gasteiger partial charge in [0, 0.05) is 77.8 Å². The van der Waals surface area contributed by atoms with Crippen molar-refractivity contribution in [1.29, 1.82) is 0 Å². The van der Waals surface area contributed by atoms with Crippen molar-refractivity contribution in [1.82, 2.24) is 19.9 Å². The highest BCUT2D eigenvalue weighted by atomic mass is 16.6. The lowest BCUT2D eigenvalue weighted by molar-refractivity contribution is -0.160. The van der Waals surface area contributed by atoms with Crippen LogP contribution in [-0.2, 0) is 42.9 Å². The highest BCUT2D eigenvalue weighted by Gasteiger charge is 2.35. The van der Waals surface area contributed by atoms with Crippen molar-refractivity contribution in [2.75, 3.05) is 21.3 Å². The van der Waals surface area contributed by atoms with Gasteiger partial charge in [0.25, 0.3) is 0 Å². The van der Waals surface area contributed by atoms with Crippen molar-refractivity contribution in [2.24, 2.45) is 23.7 Å². The van der Waals surface area contributed by atoms with E-state index in [0.29, 0.717) is 48.6 Å². The lowest BCUT2D eigenvalue weighted by atomic mass is 9.84. The standard InChI is InChI=1S/C46H64N4O13/c1-27(16-17-38(55)30(4)44(62-32(6)52)28(2)18-19-50(7)26-51)40(58-9)22-41-31(5)39(57-8)14-11-15-42-47-36(24-59-42)45-49-37(25-61-45)46-48-35(23-60-46)29(3)20-33(53)12-10-13-34(54)21-43(56)63-41/h11,15,18-19,23-31,34,39-41,44,54H,10,12-14,16-17,20-22H2,1-9H3/b15-11+,19-18+/t27?,28-,29+,30+,31?,34+,39?,40?,41+,44?/m1/s1. The van der Waals surface area contributed by atoms with Gasteiger partial charge in [-0.2, -0.15) is 0 Å². The van der Waals surface area contributed by atoms with E-state index in [1.54, 1.807) is 46.5 Å². The first-order valence-electron chi connectivity index (χ1n) is 21.6. The normalized spacial score (nSPS) is 23.6. The van der Waals surface area contributed by atoms with Crippen LogP contribution in [0.2, 0.25) is 0 Å². The van der Waals surface area contributed by atoms with Crippen molar-refractivity contribution in [3.63, 3.8) is 0 Å². The minimum absolute atomic E-state index is 0.0167. The minimum Gasteiger partial charge on any atom is -0.462 e. The molecule has 10 atom stereocenters. The highest BCUT2D eigenvalue weighted by molar-refractivity contribution is 5.82. The first kappa shape index (κ1) is 50.4. The molecule has 0 radical (unpaired) electrons. The molecular weight excluding hydrogens is 817 g/mol. The van der Waals surface area contributed by atoms with Gasteiger partial charge in [-0.15, -0.1) is 0 Å². The lowest BCUT2D eigenvalue weighted by Crippen LogP contribution is -2.39. The molecule has 0 saturated heterocycles. The predicted octanol–water partition coefficient (Wildman–Crippen LogP) is 7.14. The highest BCUT2D eigenvalue weighted by Crippen LogP contribution is 2.31. The molecule has 3 aromatic rings. The third kappa shape index (κ3) is 15.2. The van der Waals surface area contributed by atoms with Gasteiger partial charge in [0.15, 0.2) is 11.4 Å². The molecule has 17 heteroatoms. The molecule has 6 bridgehead atoms. The van der Waals surface area contributed by atoms with E-state index in [4.69, 9.17) is 32.2 Å². The van der Waals surface area contributed by atoms with Gasteiger partial charge in [-0.1, -0.05) is 46.8 Å². The van der Waals surface area contributed by atoms with Gasteiger partial charge in [-0.05, 0) is 37.7 Å². The van der Waals surface area contributed by atoms with E-state index in [1.165, 1.54) is 30.6 Å². The summed E-state index contributed by atoms with van der Waals surface area (Å²) in [6.45, 7) is 10.6. The second kappa shape index (κ2) is 24.5. The minimum atomic E-state index is -1.03. The number of ether oxygens (including phenoxy) is 4. The number of esters is 2. The van der Waals surface area contributed by atoms with Gasteiger partial charge in [0.1, 0.15) is 42.6 Å². The zero-order valence-corrected chi connectivity index (χ0v) is 37.9. The summed E-state index contributed by atoms with van der Waals surface area (Å²) < 4.78 is 40.6. The fraction of sp³-hybridized carbons (Fsp3) is 0.609. The lowest BCUT2D eigenvalue weighted by Gasteiger charge is -2.34. The Morgan fingerprint density at radius 2 is 1.70 bits per heavy atom. The summed E-state index contributed by atoms with van der Waals surface area (Å²) in [4.78, 5) is 77.9. The summed E-state index contributed by atoms with van der Waals surface area (Å²) in [6.07, 6.45) is 10.4. The van der Waals surface area contributed by atoms with Gasteiger partial charge in [-0.3, -0.25) is 24.0 Å². The van der Waals surface area contributed by atoms with Crippen LogP contribution >= 0.6 is 0 Å². The van der Waals surface area contributed by atoms with Crippen LogP contribution in [0.15, 0.2) is 50.4 Å². The van der Waals surface area contributed by atoms with E-state index in [-0.39, 0.29) is 85.5 Å². The Morgan fingerprint density at radius 3 is 2.40 bits per heavy atom. The third-order valence-electron chi connectivity index (χ3n) is 11.7. The Balaban J connectivity index is 1.51. The van der Waals surface area contributed by atoms with Crippen molar-refractivity contribution < 1.29 is 61.3 Å². The number of aromatic nitrogens is 3. The number of hydrogen-bond acceptors (Lipinski definition) is 16. The number of fused-ring (bicyclic) bond motifs is 8. The van der Waals surface area contributed by atoms with Crippen molar-refractivity contribution in [3.05, 3.63) is 48.7 Å². The summed E-state index contributed by atoms with van der Waals surface area (Å²) in [7, 11) is 4.72. The van der Waals surface area contributed by atoms with Crippen LogP contribution in [0.5, 0.6) is 0 Å². The average molecular weight is 881 g/mol. The SMILES string of the molecule is COC(C[C@@H]1OC(=O)C[C@@H](O)CCCC(=O)C[C@H](C)c2coc(n2)-c2coc(n2)-c2coc(n2)/C=C/CC(OC)C1C)C(C)CCC(=O)[C@H](C)C(OC(C)=O)[C@H](C)/C=C/N(C)C=O. The molecule has 346 valence electrons. The van der Waals surface area contributed by atoms with E-state index in [0.717, 1.165) is 0 Å². The van der Waals surface area contributed by atoms with E-state index in [1.807, 2.05) is 33.8 Å². The smallest absolute Gasteiger partial charge is 0.308 e. The number of nitrogens with zero attached hydrogens (tertiary/aromatic N) is 4. The first-order valence-corrected chi connectivity index (χ1v) is 21.6. The van der Waals surface area contributed by atoms with Crippen LogP contribution in [0.25, 0.3) is 29.2 Å². The number of Topliss-reactive ketones (excluding diaryl/α,β-unsaturated/α-hetero) is 2. The predicted molar refractivity (Wildman–Crippen MR) is 229 cm³/mol. The second-order valence-electron chi connectivity index (χ2n) is 16.7. The van der Waals surface area contributed by atoms with Crippen LogP contribution in [-0.4, -0.2) is 107 Å². The molecule has 4 heterocycles. The van der Waals surface area contributed by atoms with Gasteiger partial charge in [0.05, 0.1) is 36.3 Å². The zero-order valence-electron chi connectivity index (χ0n) is 37.9. The Hall–Kier alpha value is -5.26. The molecular formula is C46H64N4O13. The van der Waals surface area contributed by atoms with Crippen molar-refractivity contribution >= 4 is 36.0 Å². The van der Waals surface area contributed by atoms with Gasteiger partial charge < -0.3 is 42.2 Å². The number of carbonyl (C=O) groups excluding carboxylic acids is 5. The number of hydrogen-bond donors (Lipinski definition) is 1. The summed E-state index contributed by atoms with van der Waals surface area (Å²) in [5.74, 6) is -2.28. The quantitative estimate of drug-likeness (QED) is 0.118. The molecule has 17 nitrogen and oxygen atoms in total. The number of aliphatic hydroxyl groups is 1. The summed E-state index contributed by atoms with van der Waals surface area (Å²) >= 11 is 0. The number of cyclic esters (lactones) is 1. The Morgan fingerprint density at radius 1 is 1.00 bits per heavy atom. The van der Waals surface area contributed by atoms with Crippen LogP contribution < -0.4 is 0 Å². The van der Waals surface area contributed by atoms with Crippen LogP contribution in [0.3, 0.4) is 0 Å². The maximum absolute atomic E-state index is 13.6. The summed E-state index contributed by atoms with van der Waals surface area (Å²) in [5.41, 5.74) is 1.30. The van der Waals surface area contributed by atoms with Crippen molar-refractivity contribution in [2.45, 2.75) is 136 Å². The van der Waals surface area contributed by atoms with E-state index >= 15 is 0 Å². The third-order valence-corrected chi connectivity index (χ3v) is 11.7. The fourth-order valence-corrected chi connectivity index (χ4v) is 7.64. The zero-order chi connectivity index (χ0) is 46.2. The maximum atomic E-state index is 13.6. The first-order chi connectivity index (χ1) is 30.0. The summed E-state index contributed by atoms with van der Waals surface area (Å²) in [5, 5.41) is 10.9. The number of aliphatic hydroxyl groups excluding tert-OH is 1. The van der Waals surface area contributed by atoms with Crippen LogP contribution in [0.1, 0.15) is 117 Å². The molecule has 0 aliphatic carbocycles. The van der Waals surface area contributed by atoms with Crippen LogP contribution in [0, 0.1) is 23.7 Å². The molecule has 1 N–H and O–H groups in total. The van der Waals surface area contributed by atoms with E-state index < -0.39 is 48.4 Å². The number of rotatable bonds is 15. The van der Waals surface area contributed by atoms with Gasteiger partial charge in [-0.25, -0.2) is 15.0 Å². The number of oxazole rings is 3. The maximum Gasteiger partial charge on any atom is 0.308 e. The molecule has 4 rings (SSSR count). The largest absolute Gasteiger partial charge is 0.462 e. The molecule has 0 saturated carbocycles. The number of carbonyl (C=O) groups is 5. The van der Waals surface area contributed by atoms with Gasteiger partial charge >= 0.3 is 11.9 Å². The monoisotopic (exact) mass is 880 g/mol. The molecule has 1 aliphatic heterocycles. The average Bonchev–Trinajstić information content (AvgIpc) is 4.05. The number of amides is 1. The molecule has 1 aliphatic rings. The number of methoxy groups -OCH3 is 2. The molecule has 3 aromatic heterocycles. The summed E-state index contributed by atoms with van der Waals surface area (Å²) in [6, 6.07) is 0. The Labute approximate surface area is 369 Å². The molecule has 5 unspecified atom stereocenters. The van der Waals surface area contributed by atoms with E-state index in [9.17, 15) is 29.1 Å².